The van der Waals surface area contributed by atoms with Crippen LogP contribution in [0.4, 0.5) is 0 Å². The van der Waals surface area contributed by atoms with Crippen molar-refractivity contribution in [3.05, 3.63) is 0 Å². The topological polar surface area (TPSA) is 52.6 Å². The first kappa shape index (κ1) is 32.0. The average molecular weight is 495 g/mol. The molecule has 4 nitrogen and oxygen atoms in total. The maximum absolute atomic E-state index is 12.7. The number of carbonyl (C=O) groups is 2. The monoisotopic (exact) mass is 494 g/mol. The van der Waals surface area contributed by atoms with Gasteiger partial charge in [-0.15, -0.1) is 0 Å². The summed E-state index contributed by atoms with van der Waals surface area (Å²) >= 11 is 0. The Morgan fingerprint density at radius 1 is 0.486 bits per heavy atom. The molecule has 1 aliphatic rings. The Hall–Kier alpha value is -1.06. The summed E-state index contributed by atoms with van der Waals surface area (Å²) in [5.41, 5.74) is 0. The molecule has 0 aliphatic heterocycles. The van der Waals surface area contributed by atoms with Crippen molar-refractivity contribution in [1.29, 1.82) is 0 Å². The van der Waals surface area contributed by atoms with Gasteiger partial charge < -0.3 is 9.47 Å². The molecule has 0 bridgehead atoms. The van der Waals surface area contributed by atoms with Gasteiger partial charge in [0.05, 0.1) is 25.0 Å². The summed E-state index contributed by atoms with van der Waals surface area (Å²) in [6, 6.07) is 0. The van der Waals surface area contributed by atoms with Crippen molar-refractivity contribution in [3.8, 4) is 0 Å². The Labute approximate surface area is 217 Å². The van der Waals surface area contributed by atoms with Gasteiger partial charge in [-0.3, -0.25) is 9.59 Å². The van der Waals surface area contributed by atoms with Crippen molar-refractivity contribution in [1.82, 2.24) is 0 Å². The van der Waals surface area contributed by atoms with Crippen LogP contribution in [0.5, 0.6) is 0 Å². The third-order valence-electron chi connectivity index (χ3n) is 7.61. The van der Waals surface area contributed by atoms with Gasteiger partial charge in [0, 0.05) is 0 Å². The second kappa shape index (κ2) is 23.3. The Morgan fingerprint density at radius 2 is 0.771 bits per heavy atom. The number of hydrogen-bond donors (Lipinski definition) is 0. The van der Waals surface area contributed by atoms with Gasteiger partial charge in [-0.05, 0) is 25.7 Å². The molecule has 0 aromatic carbocycles. The molecule has 0 spiro atoms. The van der Waals surface area contributed by atoms with Crippen molar-refractivity contribution >= 4 is 11.9 Å². The third kappa shape index (κ3) is 17.1. The molecule has 2 unspecified atom stereocenters. The molecule has 0 saturated heterocycles. The van der Waals surface area contributed by atoms with E-state index >= 15 is 0 Å². The Morgan fingerprint density at radius 3 is 1.09 bits per heavy atom. The standard InChI is InChI=1S/C31H58O4/c1-3-5-7-9-10-11-12-13-14-15-16-17-19-23-27-35-31(33)29-25-21-20-24-28(29)30(32)34-26-22-18-8-6-4-2/h28-29H,3-27H2,1-2H3. The van der Waals surface area contributed by atoms with Crippen molar-refractivity contribution in [2.24, 2.45) is 11.8 Å². The van der Waals surface area contributed by atoms with Gasteiger partial charge in [0.25, 0.3) is 0 Å². The third-order valence-corrected chi connectivity index (χ3v) is 7.61. The molecule has 0 N–H and O–H groups in total. The molecule has 2 atom stereocenters. The second-order valence-electron chi connectivity index (χ2n) is 10.8. The first-order chi connectivity index (χ1) is 17.2. The SMILES string of the molecule is CCCCCCCCCCCCCCCCOC(=O)C1CCCCC1C(=O)OCCCCCCC. The predicted molar refractivity (Wildman–Crippen MR) is 146 cm³/mol. The largest absolute Gasteiger partial charge is 0.465 e. The first-order valence-corrected chi connectivity index (χ1v) is 15.5. The smallest absolute Gasteiger partial charge is 0.309 e. The van der Waals surface area contributed by atoms with Gasteiger partial charge in [0.1, 0.15) is 0 Å². The van der Waals surface area contributed by atoms with Crippen LogP contribution in [0.2, 0.25) is 0 Å². The number of rotatable bonds is 23. The quantitative estimate of drug-likeness (QED) is 0.105. The van der Waals surface area contributed by atoms with Crippen LogP contribution in [0.25, 0.3) is 0 Å². The second-order valence-corrected chi connectivity index (χ2v) is 10.8. The molecule has 0 aromatic heterocycles. The molecular formula is C31H58O4. The molecule has 0 aromatic rings. The van der Waals surface area contributed by atoms with Crippen molar-refractivity contribution < 1.29 is 19.1 Å². The van der Waals surface area contributed by atoms with E-state index in [1.807, 2.05) is 0 Å². The van der Waals surface area contributed by atoms with E-state index in [0.717, 1.165) is 51.4 Å². The van der Waals surface area contributed by atoms with Crippen LogP contribution in [0, 0.1) is 11.8 Å². The van der Waals surface area contributed by atoms with E-state index in [9.17, 15) is 9.59 Å². The van der Waals surface area contributed by atoms with E-state index in [2.05, 4.69) is 13.8 Å². The Balaban J connectivity index is 2.03. The Bertz CT molecular complexity index is 504. The van der Waals surface area contributed by atoms with E-state index < -0.39 is 0 Å². The van der Waals surface area contributed by atoms with Gasteiger partial charge in [0.2, 0.25) is 0 Å². The van der Waals surface area contributed by atoms with Gasteiger partial charge in [-0.1, -0.05) is 136 Å². The summed E-state index contributed by atoms with van der Waals surface area (Å²) < 4.78 is 11.1. The summed E-state index contributed by atoms with van der Waals surface area (Å²) in [5, 5.41) is 0. The van der Waals surface area contributed by atoms with Gasteiger partial charge in [0.15, 0.2) is 0 Å². The van der Waals surface area contributed by atoms with Crippen LogP contribution < -0.4 is 0 Å². The lowest BCUT2D eigenvalue weighted by atomic mass is 9.79. The number of ether oxygens (including phenoxy) is 2. The zero-order chi connectivity index (χ0) is 25.4. The molecule has 4 heteroatoms. The molecule has 1 aliphatic carbocycles. The zero-order valence-electron chi connectivity index (χ0n) is 23.5. The average Bonchev–Trinajstić information content (AvgIpc) is 2.88. The summed E-state index contributed by atoms with van der Waals surface area (Å²) in [5.74, 6) is -0.964. The molecule has 1 rings (SSSR count). The number of hydrogen-bond acceptors (Lipinski definition) is 4. The van der Waals surface area contributed by atoms with Crippen molar-refractivity contribution in [2.45, 2.75) is 162 Å². The van der Waals surface area contributed by atoms with E-state index in [1.54, 1.807) is 0 Å². The lowest BCUT2D eigenvalue weighted by Gasteiger charge is -2.28. The van der Waals surface area contributed by atoms with Crippen LogP contribution in [0.1, 0.15) is 162 Å². The maximum atomic E-state index is 12.7. The highest BCUT2D eigenvalue weighted by Gasteiger charge is 2.37. The molecule has 206 valence electrons. The van der Waals surface area contributed by atoms with E-state index in [-0.39, 0.29) is 23.8 Å². The van der Waals surface area contributed by atoms with Crippen molar-refractivity contribution in [2.75, 3.05) is 13.2 Å². The minimum atomic E-state index is -0.303. The molecule has 1 saturated carbocycles. The summed E-state index contributed by atoms with van der Waals surface area (Å²) in [6.45, 7) is 5.45. The first-order valence-electron chi connectivity index (χ1n) is 15.5. The Kier molecular flexibility index (Phi) is 21.3. The number of unbranched alkanes of at least 4 members (excludes halogenated alkanes) is 17. The van der Waals surface area contributed by atoms with Crippen LogP contribution in [0.3, 0.4) is 0 Å². The highest BCUT2D eigenvalue weighted by Crippen LogP contribution is 2.32. The van der Waals surface area contributed by atoms with E-state index in [1.165, 1.54) is 96.3 Å². The predicted octanol–water partition coefficient (Wildman–Crippen LogP) is 9.33. The summed E-state index contributed by atoms with van der Waals surface area (Å²) in [7, 11) is 0. The molecule has 0 heterocycles. The molecule has 1 fully saturated rings. The van der Waals surface area contributed by atoms with Gasteiger partial charge >= 0.3 is 11.9 Å². The molecule has 0 amide bonds. The number of carbonyl (C=O) groups excluding carboxylic acids is 2. The fourth-order valence-corrected chi connectivity index (χ4v) is 5.26. The van der Waals surface area contributed by atoms with E-state index in [4.69, 9.17) is 9.47 Å². The van der Waals surface area contributed by atoms with Crippen LogP contribution >= 0.6 is 0 Å². The molecule has 35 heavy (non-hydrogen) atoms. The van der Waals surface area contributed by atoms with Crippen LogP contribution in [-0.2, 0) is 19.1 Å². The van der Waals surface area contributed by atoms with Gasteiger partial charge in [-0.25, -0.2) is 0 Å². The molecular weight excluding hydrogens is 436 g/mol. The minimum absolute atomic E-state index is 0.177. The fraction of sp³-hybridized carbons (Fsp3) is 0.935. The number of esters is 2. The van der Waals surface area contributed by atoms with E-state index in [0.29, 0.717) is 13.2 Å². The maximum Gasteiger partial charge on any atom is 0.309 e. The zero-order valence-corrected chi connectivity index (χ0v) is 23.5. The highest BCUT2D eigenvalue weighted by atomic mass is 16.5. The fourth-order valence-electron chi connectivity index (χ4n) is 5.26. The normalized spacial score (nSPS) is 17.9. The van der Waals surface area contributed by atoms with Crippen molar-refractivity contribution in [3.63, 3.8) is 0 Å². The van der Waals surface area contributed by atoms with Gasteiger partial charge in [-0.2, -0.15) is 0 Å². The highest BCUT2D eigenvalue weighted by molar-refractivity contribution is 5.82. The van der Waals surface area contributed by atoms with Crippen LogP contribution in [-0.4, -0.2) is 25.2 Å². The summed E-state index contributed by atoms with van der Waals surface area (Å²) in [4.78, 5) is 25.2. The summed E-state index contributed by atoms with van der Waals surface area (Å²) in [6.07, 6.45) is 27.6. The minimum Gasteiger partial charge on any atom is -0.465 e. The lowest BCUT2D eigenvalue weighted by molar-refractivity contribution is -0.163. The van der Waals surface area contributed by atoms with Crippen LogP contribution in [0.15, 0.2) is 0 Å². The molecule has 0 radical (unpaired) electrons. The lowest BCUT2D eigenvalue weighted by Crippen LogP contribution is -2.35.